The van der Waals surface area contributed by atoms with Crippen molar-refractivity contribution in [1.82, 2.24) is 15.5 Å². The zero-order valence-corrected chi connectivity index (χ0v) is 13.1. The van der Waals surface area contributed by atoms with Crippen LogP contribution in [0, 0.1) is 0 Å². The van der Waals surface area contributed by atoms with Gasteiger partial charge in [-0.1, -0.05) is 0 Å². The first kappa shape index (κ1) is 16.9. The molecule has 0 saturated carbocycles. The van der Waals surface area contributed by atoms with Gasteiger partial charge in [0, 0.05) is 0 Å². The third-order valence-electron chi connectivity index (χ3n) is 2.23. The van der Waals surface area contributed by atoms with E-state index in [4.69, 9.17) is 14.0 Å². The molecule has 8 nitrogen and oxygen atoms in total. The van der Waals surface area contributed by atoms with E-state index in [-0.39, 0.29) is 18.3 Å². The van der Waals surface area contributed by atoms with E-state index in [0.29, 0.717) is 0 Å². The molecule has 1 rings (SSSR count). The summed E-state index contributed by atoms with van der Waals surface area (Å²) < 4.78 is 14.9. The molecule has 0 atom stereocenters. The minimum atomic E-state index is -0.986. The summed E-state index contributed by atoms with van der Waals surface area (Å²) in [6, 6.07) is 0. The molecule has 0 fully saturated rings. The maximum atomic E-state index is 11.8. The van der Waals surface area contributed by atoms with Crippen molar-refractivity contribution >= 4 is 12.1 Å². The molecule has 0 radical (unpaired) electrons. The molecule has 0 bridgehead atoms. The Morgan fingerprint density at radius 1 is 1.24 bits per heavy atom. The van der Waals surface area contributed by atoms with Crippen LogP contribution in [0.15, 0.2) is 4.52 Å². The number of hydrogen-bond acceptors (Lipinski definition) is 7. The molecule has 0 aliphatic rings. The smallest absolute Gasteiger partial charge is 0.408 e. The van der Waals surface area contributed by atoms with E-state index in [9.17, 15) is 9.59 Å². The first-order chi connectivity index (χ1) is 9.55. The quantitative estimate of drug-likeness (QED) is 0.848. The Bertz CT molecular complexity index is 516. The molecule has 21 heavy (non-hydrogen) atoms. The Balaban J connectivity index is 2.79. The maximum Gasteiger partial charge on any atom is 0.408 e. The van der Waals surface area contributed by atoms with Gasteiger partial charge in [0.25, 0.3) is 11.7 Å². The van der Waals surface area contributed by atoms with E-state index in [2.05, 4.69) is 15.5 Å². The summed E-state index contributed by atoms with van der Waals surface area (Å²) >= 11 is 0. The van der Waals surface area contributed by atoms with Crippen molar-refractivity contribution < 1.29 is 23.6 Å². The van der Waals surface area contributed by atoms with Crippen LogP contribution in [0.4, 0.5) is 4.79 Å². The molecule has 0 saturated heterocycles. The van der Waals surface area contributed by atoms with Gasteiger partial charge in [-0.15, -0.1) is 0 Å². The topological polar surface area (TPSA) is 104 Å². The normalized spacial score (nSPS) is 11.9. The number of esters is 1. The van der Waals surface area contributed by atoms with Crippen LogP contribution in [-0.2, 0) is 15.0 Å². The average Bonchev–Trinajstić information content (AvgIpc) is 2.75. The monoisotopic (exact) mass is 299 g/mol. The van der Waals surface area contributed by atoms with Crippen LogP contribution in [0.25, 0.3) is 0 Å². The molecule has 1 aromatic heterocycles. The number of aromatic nitrogens is 2. The highest BCUT2D eigenvalue weighted by atomic mass is 16.6. The van der Waals surface area contributed by atoms with Crippen LogP contribution in [0.2, 0.25) is 0 Å². The average molecular weight is 299 g/mol. The fourth-order valence-electron chi connectivity index (χ4n) is 1.37. The van der Waals surface area contributed by atoms with Crippen molar-refractivity contribution in [1.29, 1.82) is 0 Å². The van der Waals surface area contributed by atoms with Crippen molar-refractivity contribution in [3.63, 3.8) is 0 Å². The lowest BCUT2D eigenvalue weighted by atomic mass is 10.1. The zero-order chi connectivity index (χ0) is 16.3. The van der Waals surface area contributed by atoms with E-state index in [1.54, 1.807) is 41.5 Å². The summed E-state index contributed by atoms with van der Waals surface area (Å²) in [4.78, 5) is 27.2. The number of hydrogen-bond donors (Lipinski definition) is 1. The maximum absolute atomic E-state index is 11.8. The molecule has 1 amide bonds. The number of rotatable bonds is 4. The van der Waals surface area contributed by atoms with Gasteiger partial charge in [-0.2, -0.15) is 4.98 Å². The molecular formula is C13H21N3O5. The second-order valence-electron chi connectivity index (χ2n) is 5.90. The van der Waals surface area contributed by atoms with E-state index >= 15 is 0 Å². The number of ether oxygens (including phenoxy) is 2. The highest BCUT2D eigenvalue weighted by Gasteiger charge is 2.32. The summed E-state index contributed by atoms with van der Waals surface area (Å²) in [6.45, 7) is 10.5. The third kappa shape index (κ3) is 5.05. The first-order valence-corrected chi connectivity index (χ1v) is 6.57. The number of alkyl carbamates (subject to hydrolysis) is 1. The summed E-state index contributed by atoms with van der Waals surface area (Å²) in [5.74, 6) is -0.789. The van der Waals surface area contributed by atoms with E-state index < -0.39 is 23.2 Å². The largest absolute Gasteiger partial charge is 0.460 e. The molecule has 0 aliphatic carbocycles. The van der Waals surface area contributed by atoms with Crippen LogP contribution in [0.5, 0.6) is 0 Å². The van der Waals surface area contributed by atoms with Crippen LogP contribution in [0.1, 0.15) is 58.1 Å². The second kappa shape index (κ2) is 6.11. The SMILES string of the molecule is CCOC(=O)c1noc(C(C)(C)NC(=O)OC(C)(C)C)n1. The van der Waals surface area contributed by atoms with E-state index in [0.717, 1.165) is 0 Å². The van der Waals surface area contributed by atoms with Crippen LogP contribution >= 0.6 is 0 Å². The summed E-state index contributed by atoms with van der Waals surface area (Å²) in [6.07, 6.45) is -0.622. The number of carbonyl (C=O) groups excluding carboxylic acids is 2. The first-order valence-electron chi connectivity index (χ1n) is 6.57. The fourth-order valence-corrected chi connectivity index (χ4v) is 1.37. The van der Waals surface area contributed by atoms with E-state index in [1.807, 2.05) is 0 Å². The van der Waals surface area contributed by atoms with Gasteiger partial charge in [-0.3, -0.25) is 0 Å². The summed E-state index contributed by atoms with van der Waals surface area (Å²) in [5, 5.41) is 6.13. The lowest BCUT2D eigenvalue weighted by Crippen LogP contribution is -2.44. The third-order valence-corrected chi connectivity index (χ3v) is 2.23. The summed E-state index contributed by atoms with van der Waals surface area (Å²) in [7, 11) is 0. The van der Waals surface area contributed by atoms with Gasteiger partial charge in [-0.25, -0.2) is 9.59 Å². The lowest BCUT2D eigenvalue weighted by molar-refractivity contribution is 0.0449. The Labute approximate surface area is 123 Å². The standard InChI is InChI=1S/C13H21N3O5/c1-7-19-9(17)8-14-10(21-16-8)13(5,6)15-11(18)20-12(2,3)4/h7H2,1-6H3,(H,15,18). The van der Waals surface area contributed by atoms with Gasteiger partial charge in [0.05, 0.1) is 6.61 Å². The minimum absolute atomic E-state index is 0.0800. The molecule has 1 aromatic rings. The Kier molecular flexibility index (Phi) is 4.93. The predicted molar refractivity (Wildman–Crippen MR) is 72.7 cm³/mol. The van der Waals surface area contributed by atoms with Crippen LogP contribution in [0.3, 0.4) is 0 Å². The van der Waals surface area contributed by atoms with Crippen molar-refractivity contribution in [3.05, 3.63) is 11.7 Å². The molecule has 1 N–H and O–H groups in total. The number of carbonyl (C=O) groups is 2. The van der Waals surface area contributed by atoms with Gasteiger partial charge in [0.1, 0.15) is 11.1 Å². The van der Waals surface area contributed by atoms with Crippen molar-refractivity contribution in [2.24, 2.45) is 0 Å². The van der Waals surface area contributed by atoms with Gasteiger partial charge < -0.3 is 19.3 Å². The van der Waals surface area contributed by atoms with Gasteiger partial charge in [0.15, 0.2) is 0 Å². The zero-order valence-electron chi connectivity index (χ0n) is 13.1. The van der Waals surface area contributed by atoms with Gasteiger partial charge in [0.2, 0.25) is 0 Å². The van der Waals surface area contributed by atoms with Gasteiger partial charge in [-0.05, 0) is 46.7 Å². The fraction of sp³-hybridized carbons (Fsp3) is 0.692. The molecule has 0 aliphatic heterocycles. The lowest BCUT2D eigenvalue weighted by Gasteiger charge is -2.25. The molecule has 8 heteroatoms. The minimum Gasteiger partial charge on any atom is -0.460 e. The molecular weight excluding hydrogens is 278 g/mol. The molecule has 1 heterocycles. The summed E-state index contributed by atoms with van der Waals surface area (Å²) in [5.41, 5.74) is -1.61. The van der Waals surface area contributed by atoms with Crippen molar-refractivity contribution in [2.75, 3.05) is 6.61 Å². The molecule has 0 aromatic carbocycles. The van der Waals surface area contributed by atoms with Crippen molar-refractivity contribution in [2.45, 2.75) is 52.7 Å². The number of nitrogens with zero attached hydrogens (tertiary/aromatic N) is 2. The Morgan fingerprint density at radius 2 is 1.86 bits per heavy atom. The highest BCUT2D eigenvalue weighted by Crippen LogP contribution is 2.19. The molecule has 0 unspecified atom stereocenters. The second-order valence-corrected chi connectivity index (χ2v) is 5.90. The van der Waals surface area contributed by atoms with Crippen molar-refractivity contribution in [3.8, 4) is 0 Å². The molecule has 0 spiro atoms. The highest BCUT2D eigenvalue weighted by molar-refractivity contribution is 5.84. The van der Waals surface area contributed by atoms with Crippen LogP contribution in [-0.4, -0.2) is 34.4 Å². The van der Waals surface area contributed by atoms with Crippen LogP contribution < -0.4 is 5.32 Å². The number of nitrogens with one attached hydrogen (secondary N) is 1. The molecule has 118 valence electrons. The predicted octanol–water partition coefficient (Wildman–Crippen LogP) is 2.01. The van der Waals surface area contributed by atoms with E-state index in [1.165, 1.54) is 0 Å². The Morgan fingerprint density at radius 3 is 2.38 bits per heavy atom. The Hall–Kier alpha value is -2.12. The number of amides is 1. The van der Waals surface area contributed by atoms with Gasteiger partial charge >= 0.3 is 12.1 Å².